The van der Waals surface area contributed by atoms with Crippen LogP contribution in [0.4, 0.5) is 0 Å². The summed E-state index contributed by atoms with van der Waals surface area (Å²) >= 11 is 0. The zero-order chi connectivity index (χ0) is 22.5. The second-order valence-electron chi connectivity index (χ2n) is 7.61. The fourth-order valence-electron chi connectivity index (χ4n) is 3.78. The van der Waals surface area contributed by atoms with Gasteiger partial charge >= 0.3 is 0 Å². The molecule has 1 aromatic heterocycles. The summed E-state index contributed by atoms with van der Waals surface area (Å²) in [5, 5.41) is 11.2. The third-order valence-corrected chi connectivity index (χ3v) is 5.30. The minimum Gasteiger partial charge on any atom is -0.507 e. The van der Waals surface area contributed by atoms with Crippen molar-refractivity contribution in [3.05, 3.63) is 65.0 Å². The van der Waals surface area contributed by atoms with Crippen LogP contribution in [-0.2, 0) is 14.3 Å². The topological polar surface area (TPSA) is 89.0 Å². The van der Waals surface area contributed by atoms with E-state index in [4.69, 9.17) is 9.47 Å². The summed E-state index contributed by atoms with van der Waals surface area (Å²) in [5.41, 5.74) is 2.14. The van der Waals surface area contributed by atoms with E-state index < -0.39 is 17.7 Å². The SMILES string of the molecule is CCOc1ccc(/C(O)=C2/C(=O)C(=O)N(CCOC)C2c2ccncc2)cc1C(C)C. The Hall–Kier alpha value is -3.19. The second-order valence-corrected chi connectivity index (χ2v) is 7.61. The highest BCUT2D eigenvalue weighted by molar-refractivity contribution is 6.46. The number of methoxy groups -OCH3 is 1. The van der Waals surface area contributed by atoms with Crippen LogP contribution in [0.15, 0.2) is 48.3 Å². The smallest absolute Gasteiger partial charge is 0.295 e. The van der Waals surface area contributed by atoms with Crippen molar-refractivity contribution >= 4 is 17.4 Å². The molecule has 2 heterocycles. The van der Waals surface area contributed by atoms with Crippen LogP contribution in [0.1, 0.15) is 49.4 Å². The number of Topliss-reactive ketones (excluding diaryl/α,β-unsaturated/α-hetero) is 1. The molecule has 1 saturated heterocycles. The van der Waals surface area contributed by atoms with Gasteiger partial charge in [-0.15, -0.1) is 0 Å². The summed E-state index contributed by atoms with van der Waals surface area (Å²) in [6.45, 7) is 7.00. The van der Waals surface area contributed by atoms with Crippen molar-refractivity contribution < 1.29 is 24.2 Å². The van der Waals surface area contributed by atoms with Crippen LogP contribution >= 0.6 is 0 Å². The Balaban J connectivity index is 2.15. The zero-order valence-electron chi connectivity index (χ0n) is 18.3. The molecule has 164 valence electrons. The minimum absolute atomic E-state index is 0.0613. The van der Waals surface area contributed by atoms with E-state index in [1.54, 1.807) is 36.7 Å². The average Bonchev–Trinajstić information content (AvgIpc) is 3.02. The molecule has 31 heavy (non-hydrogen) atoms. The largest absolute Gasteiger partial charge is 0.507 e. The third-order valence-electron chi connectivity index (χ3n) is 5.30. The molecule has 1 unspecified atom stereocenters. The number of ketones is 1. The molecule has 1 aromatic carbocycles. The maximum Gasteiger partial charge on any atom is 0.295 e. The van der Waals surface area contributed by atoms with Crippen molar-refractivity contribution in [3.8, 4) is 5.75 Å². The van der Waals surface area contributed by atoms with E-state index in [2.05, 4.69) is 4.98 Å². The van der Waals surface area contributed by atoms with E-state index in [-0.39, 0.29) is 30.4 Å². The highest BCUT2D eigenvalue weighted by Gasteiger charge is 2.45. The Morgan fingerprint density at radius 3 is 2.52 bits per heavy atom. The number of ether oxygens (including phenoxy) is 2. The number of rotatable bonds is 8. The van der Waals surface area contributed by atoms with Crippen molar-refractivity contribution in [1.82, 2.24) is 9.88 Å². The van der Waals surface area contributed by atoms with E-state index in [9.17, 15) is 14.7 Å². The zero-order valence-corrected chi connectivity index (χ0v) is 18.3. The van der Waals surface area contributed by atoms with Gasteiger partial charge in [-0.1, -0.05) is 13.8 Å². The molecule has 1 atom stereocenters. The van der Waals surface area contributed by atoms with Crippen LogP contribution in [0.5, 0.6) is 5.75 Å². The maximum atomic E-state index is 13.0. The molecule has 1 aliphatic heterocycles. The second kappa shape index (κ2) is 9.75. The predicted octanol–water partition coefficient (Wildman–Crippen LogP) is 3.67. The van der Waals surface area contributed by atoms with E-state index in [0.717, 1.165) is 11.3 Å². The summed E-state index contributed by atoms with van der Waals surface area (Å²) in [4.78, 5) is 31.2. The summed E-state index contributed by atoms with van der Waals surface area (Å²) in [6, 6.07) is 8.07. The molecule has 7 nitrogen and oxygen atoms in total. The molecular weight excluding hydrogens is 396 g/mol. The van der Waals surface area contributed by atoms with Gasteiger partial charge in [-0.3, -0.25) is 14.6 Å². The van der Waals surface area contributed by atoms with Crippen molar-refractivity contribution in [2.45, 2.75) is 32.7 Å². The molecular formula is C24H28N2O5. The molecule has 2 aromatic rings. The van der Waals surface area contributed by atoms with Gasteiger partial charge in [0.2, 0.25) is 0 Å². The minimum atomic E-state index is -0.716. The molecule has 0 saturated carbocycles. The summed E-state index contributed by atoms with van der Waals surface area (Å²) in [5.74, 6) is -0.689. The van der Waals surface area contributed by atoms with Gasteiger partial charge in [0.05, 0.1) is 24.8 Å². The monoisotopic (exact) mass is 424 g/mol. The van der Waals surface area contributed by atoms with Crippen LogP contribution in [-0.4, -0.2) is 53.5 Å². The summed E-state index contributed by atoms with van der Waals surface area (Å²) in [7, 11) is 1.53. The molecule has 1 fully saturated rings. The summed E-state index contributed by atoms with van der Waals surface area (Å²) < 4.78 is 10.8. The van der Waals surface area contributed by atoms with Crippen LogP contribution in [0.3, 0.4) is 0 Å². The Bertz CT molecular complexity index is 985. The Kier molecular flexibility index (Phi) is 7.07. The predicted molar refractivity (Wildman–Crippen MR) is 117 cm³/mol. The highest BCUT2D eigenvalue weighted by Crippen LogP contribution is 2.40. The summed E-state index contributed by atoms with van der Waals surface area (Å²) in [6.07, 6.45) is 3.19. The fourth-order valence-corrected chi connectivity index (χ4v) is 3.78. The number of aliphatic hydroxyl groups excluding tert-OH is 1. The van der Waals surface area contributed by atoms with Gasteiger partial charge in [-0.2, -0.15) is 0 Å². The molecule has 0 spiro atoms. The van der Waals surface area contributed by atoms with Crippen molar-refractivity contribution in [3.63, 3.8) is 0 Å². The van der Waals surface area contributed by atoms with Crippen LogP contribution in [0.25, 0.3) is 5.76 Å². The number of aliphatic hydroxyl groups is 1. The van der Waals surface area contributed by atoms with Gasteiger partial charge in [0.1, 0.15) is 11.5 Å². The van der Waals surface area contributed by atoms with Crippen molar-refractivity contribution in [2.75, 3.05) is 26.9 Å². The number of likely N-dealkylation sites (tertiary alicyclic amines) is 1. The Morgan fingerprint density at radius 2 is 1.90 bits per heavy atom. The number of carbonyl (C=O) groups excluding carboxylic acids is 2. The first kappa shape index (κ1) is 22.5. The first-order valence-electron chi connectivity index (χ1n) is 10.3. The Labute approximate surface area is 182 Å². The first-order chi connectivity index (χ1) is 14.9. The number of aromatic nitrogens is 1. The van der Waals surface area contributed by atoms with Crippen molar-refractivity contribution in [1.29, 1.82) is 0 Å². The molecule has 1 amide bonds. The maximum absolute atomic E-state index is 13.0. The number of benzene rings is 1. The number of amides is 1. The van der Waals surface area contributed by atoms with E-state index in [0.29, 0.717) is 17.7 Å². The average molecular weight is 424 g/mol. The standard InChI is InChI=1S/C24H28N2O5/c1-5-31-19-7-6-17(14-18(19)15(2)3)22(27)20-21(16-8-10-25-11-9-16)26(12-13-30-4)24(29)23(20)28/h6-11,14-15,21,27H,5,12-13H2,1-4H3/b22-20-. The lowest BCUT2D eigenvalue weighted by atomic mass is 9.93. The fraction of sp³-hybridized carbons (Fsp3) is 0.375. The normalized spacial score (nSPS) is 18.1. The van der Waals surface area contributed by atoms with Gasteiger partial charge in [-0.25, -0.2) is 0 Å². The van der Waals surface area contributed by atoms with Gasteiger partial charge in [0.15, 0.2) is 0 Å². The molecule has 1 N–H and O–H groups in total. The van der Waals surface area contributed by atoms with Crippen LogP contribution in [0.2, 0.25) is 0 Å². The number of hydrogen-bond donors (Lipinski definition) is 1. The Morgan fingerprint density at radius 1 is 1.19 bits per heavy atom. The number of pyridine rings is 1. The van der Waals surface area contributed by atoms with Crippen LogP contribution < -0.4 is 4.74 Å². The van der Waals surface area contributed by atoms with E-state index in [1.807, 2.05) is 26.8 Å². The number of nitrogens with zero attached hydrogens (tertiary/aromatic N) is 2. The highest BCUT2D eigenvalue weighted by atomic mass is 16.5. The number of carbonyl (C=O) groups is 2. The molecule has 0 radical (unpaired) electrons. The lowest BCUT2D eigenvalue weighted by molar-refractivity contribution is -0.140. The third kappa shape index (κ3) is 4.46. The van der Waals surface area contributed by atoms with Gasteiger partial charge in [0.25, 0.3) is 11.7 Å². The van der Waals surface area contributed by atoms with Gasteiger partial charge in [0, 0.05) is 31.6 Å². The van der Waals surface area contributed by atoms with Gasteiger partial charge < -0.3 is 19.5 Å². The molecule has 0 bridgehead atoms. The lowest BCUT2D eigenvalue weighted by Gasteiger charge is -2.25. The van der Waals surface area contributed by atoms with Crippen LogP contribution in [0, 0.1) is 0 Å². The molecule has 0 aliphatic carbocycles. The first-order valence-corrected chi connectivity index (χ1v) is 10.3. The van der Waals surface area contributed by atoms with Gasteiger partial charge in [-0.05, 0) is 54.3 Å². The molecule has 3 rings (SSSR count). The van der Waals surface area contributed by atoms with E-state index >= 15 is 0 Å². The lowest BCUT2D eigenvalue weighted by Crippen LogP contribution is -2.32. The quantitative estimate of drug-likeness (QED) is 0.395. The van der Waals surface area contributed by atoms with E-state index in [1.165, 1.54) is 12.0 Å². The molecule has 7 heteroatoms. The van der Waals surface area contributed by atoms with Crippen molar-refractivity contribution in [2.24, 2.45) is 0 Å². The number of hydrogen-bond acceptors (Lipinski definition) is 6. The molecule has 1 aliphatic rings.